The molecular formula is C66H42N6O. The molecule has 15 aromatic rings. The second kappa shape index (κ2) is 14.9. The van der Waals surface area contributed by atoms with Gasteiger partial charge in [-0.2, -0.15) is 10.5 Å². The van der Waals surface area contributed by atoms with Gasteiger partial charge in [0, 0.05) is 53.9 Å². The third-order valence-electron chi connectivity index (χ3n) is 13.7. The van der Waals surface area contributed by atoms with Crippen LogP contribution in [0.5, 0.6) is 0 Å². The summed E-state index contributed by atoms with van der Waals surface area (Å²) in [5.41, 5.74) is -8.13. The van der Waals surface area contributed by atoms with E-state index in [4.69, 9.17) is 12.6 Å². The van der Waals surface area contributed by atoms with Gasteiger partial charge < -0.3 is 22.7 Å². The van der Waals surface area contributed by atoms with Crippen LogP contribution in [0.3, 0.4) is 0 Å². The van der Waals surface area contributed by atoms with Crippen molar-refractivity contribution in [2.24, 2.45) is 0 Å². The first-order valence-corrected chi connectivity index (χ1v) is 22.8. The summed E-state index contributed by atoms with van der Waals surface area (Å²) in [5.74, 6) is 0. The van der Waals surface area contributed by atoms with Crippen LogP contribution < -0.4 is 0 Å². The molecule has 0 fully saturated rings. The summed E-state index contributed by atoms with van der Waals surface area (Å²) in [6, 6.07) is -1.85. The molecule has 10 aromatic carbocycles. The molecule has 15 rings (SSSR count). The van der Waals surface area contributed by atoms with Crippen molar-refractivity contribution < 1.29 is 37.3 Å². The summed E-state index contributed by atoms with van der Waals surface area (Å²) >= 11 is 0. The van der Waals surface area contributed by atoms with E-state index in [1.807, 2.05) is 26.8 Å². The molecule has 0 unspecified atom stereocenters. The van der Waals surface area contributed by atoms with Gasteiger partial charge in [-0.05, 0) is 71.5 Å². The zero-order valence-corrected chi connectivity index (χ0v) is 38.3. The Morgan fingerprint density at radius 1 is 0.397 bits per heavy atom. The largest absolute Gasteiger partial charge is 0.454 e. The molecule has 0 N–H and O–H groups in total. The number of hydrogen-bond acceptors (Lipinski definition) is 3. The van der Waals surface area contributed by atoms with E-state index in [0.717, 1.165) is 19.3 Å². The van der Waals surface area contributed by atoms with Crippen LogP contribution in [0.4, 0.5) is 0 Å². The lowest BCUT2D eigenvalue weighted by atomic mass is 9.86. The highest BCUT2D eigenvalue weighted by Gasteiger charge is 2.35. The highest BCUT2D eigenvalue weighted by Crippen LogP contribution is 2.50. The maximum Gasteiger partial charge on any atom is 0.160 e. The van der Waals surface area contributed by atoms with Crippen LogP contribution in [-0.2, 0) is 5.41 Å². The number of para-hydroxylation sites is 7. The molecule has 7 nitrogen and oxygen atoms in total. The molecule has 0 radical (unpaired) electrons. The summed E-state index contributed by atoms with van der Waals surface area (Å²) < 4.78 is 238. The quantitative estimate of drug-likeness (QED) is 0.176. The van der Waals surface area contributed by atoms with Gasteiger partial charge in [-0.1, -0.05) is 160 Å². The number of furan rings is 1. The van der Waals surface area contributed by atoms with E-state index in [0.29, 0.717) is 27.1 Å². The molecule has 342 valence electrons. The van der Waals surface area contributed by atoms with Crippen LogP contribution in [0, 0.1) is 22.7 Å². The molecule has 7 heteroatoms. The lowest BCUT2D eigenvalue weighted by Crippen LogP contribution is -2.17. The molecule has 0 aliphatic heterocycles. The van der Waals surface area contributed by atoms with Crippen LogP contribution in [0.2, 0.25) is 0 Å². The second-order valence-corrected chi connectivity index (χ2v) is 18.5. The van der Waals surface area contributed by atoms with E-state index in [9.17, 15) is 35.2 Å². The summed E-state index contributed by atoms with van der Waals surface area (Å²) in [6.07, 6.45) is 0. The average Bonchev–Trinajstić information content (AvgIpc) is 1.56. The third-order valence-corrected chi connectivity index (χ3v) is 13.7. The first-order chi connectivity index (χ1) is 45.8. The molecule has 0 atom stereocenters. The van der Waals surface area contributed by atoms with Gasteiger partial charge >= 0.3 is 0 Å². The molecule has 0 aliphatic carbocycles. The summed E-state index contributed by atoms with van der Waals surface area (Å²) in [7, 11) is 0. The minimum absolute atomic E-state index is 0.0887. The predicted molar refractivity (Wildman–Crippen MR) is 299 cm³/mol. The SMILES string of the molecule is [2H]c1c([2H])c([2H])c2c(c1[2H])c1c([2H])c([2H])c([2H])c([2H])c1n2-c1c(C#N)c(-n2c3c([2H])c([2H])c([2H])c([2H])c3c3c([2H])c([2H])c([2H])c([2H])c32)c(-n2c3ccc(C(C)(C)C)cc3c3ccc4c5ccccc5oc4c32)c(C#N)c1-n1c2c([2H])c([2H])c([2H])c([2H])c2c2c([2H])c([2H])c([2H])c([2H])c21. The first-order valence-electron chi connectivity index (χ1n) is 34.8. The third kappa shape index (κ3) is 5.45. The van der Waals surface area contributed by atoms with Gasteiger partial charge in [-0.3, -0.25) is 0 Å². The molecule has 0 bridgehead atoms. The number of rotatable bonds is 4. The average molecular weight is 959 g/mol. The Bertz CT molecular complexity index is 6220. The van der Waals surface area contributed by atoms with Gasteiger partial charge in [0.15, 0.2) is 5.58 Å². The second-order valence-electron chi connectivity index (χ2n) is 18.5. The van der Waals surface area contributed by atoms with Gasteiger partial charge in [0.05, 0.1) is 99.8 Å². The van der Waals surface area contributed by atoms with Crippen molar-refractivity contribution in [3.63, 3.8) is 0 Å². The van der Waals surface area contributed by atoms with E-state index < -0.39 is 250 Å². The fourth-order valence-corrected chi connectivity index (χ4v) is 10.7. The van der Waals surface area contributed by atoms with E-state index >= 15 is 0 Å². The molecule has 0 saturated heterocycles. The zero-order chi connectivity index (χ0) is 69.7. The number of hydrogen-bond donors (Lipinski definition) is 0. The van der Waals surface area contributed by atoms with Crippen LogP contribution in [-0.4, -0.2) is 18.3 Å². The predicted octanol–water partition coefficient (Wildman–Crippen LogP) is 17.0. The molecular weight excluding hydrogens is 893 g/mol. The Morgan fingerprint density at radius 2 is 0.781 bits per heavy atom. The summed E-state index contributed by atoms with van der Waals surface area (Å²) in [5, 5.41) is 24.5. The van der Waals surface area contributed by atoms with E-state index in [-0.39, 0.29) is 16.6 Å². The van der Waals surface area contributed by atoms with Crippen molar-refractivity contribution in [2.45, 2.75) is 26.2 Å². The molecule has 0 spiro atoms. The van der Waals surface area contributed by atoms with Crippen molar-refractivity contribution >= 4 is 109 Å². The minimum atomic E-state index is -0.988. The normalized spacial score (nSPS) is 16.9. The van der Waals surface area contributed by atoms with E-state index in [2.05, 4.69) is 12.1 Å². The van der Waals surface area contributed by atoms with Gasteiger partial charge in [0.25, 0.3) is 0 Å². The minimum Gasteiger partial charge on any atom is -0.454 e. The lowest BCUT2D eigenvalue weighted by Gasteiger charge is -2.27. The summed E-state index contributed by atoms with van der Waals surface area (Å²) in [6.45, 7) is 5.87. The standard InChI is InChI=1S/C66H42N6O/c1-66(2,3)39-32-35-58-49(36-39)47-33-34-48-46-24-10-17-31-59(46)73-65(48)64(47)72(58)63-51(38-68)61(70-54-27-13-6-20-42(54)43-21-7-14-28-55(43)70)60(69-52-25-11-4-18-40(52)41-19-5-12-26-53(41)69)50(37-67)62(63)71-56-29-15-8-22-44(56)45-23-9-16-30-57(45)71/h4-36H,1-3H3/i4D,5D,6D,7D,8D,9D,11D,12D,13D,14D,15D,16D,18D,19D,20D,21D,22D,23D,25D,26D,27D,28D,29D,30D. The van der Waals surface area contributed by atoms with Crippen LogP contribution in [0.25, 0.3) is 132 Å². The topological polar surface area (TPSA) is 80.4 Å². The fraction of sp³-hybridized carbons (Fsp3) is 0.0606. The maximum atomic E-state index is 13.1. The van der Waals surface area contributed by atoms with Crippen molar-refractivity contribution in [3.8, 4) is 34.9 Å². The van der Waals surface area contributed by atoms with Crippen LogP contribution in [0.1, 0.15) is 70.4 Å². The number of benzene rings is 10. The van der Waals surface area contributed by atoms with Gasteiger partial charge in [-0.15, -0.1) is 0 Å². The molecule has 0 amide bonds. The van der Waals surface area contributed by atoms with Crippen molar-refractivity contribution in [2.75, 3.05) is 0 Å². The van der Waals surface area contributed by atoms with Crippen molar-refractivity contribution in [1.29, 1.82) is 10.5 Å². The number of nitriles is 2. The number of fused-ring (bicyclic) bond motifs is 16. The molecule has 0 aliphatic rings. The Labute approximate surface area is 452 Å². The number of nitrogens with zero attached hydrogens (tertiary/aromatic N) is 6. The van der Waals surface area contributed by atoms with E-state index in [1.165, 1.54) is 4.57 Å². The Hall–Kier alpha value is -9.82. The van der Waals surface area contributed by atoms with Gasteiger partial charge in [0.2, 0.25) is 0 Å². The summed E-state index contributed by atoms with van der Waals surface area (Å²) in [4.78, 5) is 0. The number of aromatic nitrogens is 4. The Morgan fingerprint density at radius 3 is 1.19 bits per heavy atom. The molecule has 0 saturated carbocycles. The Kier molecular flexibility index (Phi) is 4.85. The highest BCUT2D eigenvalue weighted by molar-refractivity contribution is 6.23. The Balaban J connectivity index is 1.41. The van der Waals surface area contributed by atoms with Crippen LogP contribution >= 0.6 is 0 Å². The smallest absolute Gasteiger partial charge is 0.160 e. The van der Waals surface area contributed by atoms with Gasteiger partial charge in [-0.25, -0.2) is 0 Å². The lowest BCUT2D eigenvalue weighted by molar-refractivity contribution is 0.591. The van der Waals surface area contributed by atoms with Crippen molar-refractivity contribution in [1.82, 2.24) is 18.3 Å². The highest BCUT2D eigenvalue weighted by atomic mass is 16.3. The maximum absolute atomic E-state index is 13.1. The first kappa shape index (κ1) is 23.9. The molecule has 5 aromatic heterocycles. The van der Waals surface area contributed by atoms with Crippen molar-refractivity contribution in [3.05, 3.63) is 216 Å². The fourth-order valence-electron chi connectivity index (χ4n) is 10.7. The van der Waals surface area contributed by atoms with Crippen LogP contribution in [0.15, 0.2) is 204 Å². The zero-order valence-electron chi connectivity index (χ0n) is 62.3. The molecule has 5 heterocycles. The monoisotopic (exact) mass is 958 g/mol. The van der Waals surface area contributed by atoms with Gasteiger partial charge in [0.1, 0.15) is 28.8 Å². The molecule has 73 heavy (non-hydrogen) atoms. The van der Waals surface area contributed by atoms with E-state index in [1.54, 1.807) is 48.5 Å².